The molecule has 1 amide bonds. The van der Waals surface area contributed by atoms with Crippen molar-refractivity contribution in [3.05, 3.63) is 88.4 Å². The van der Waals surface area contributed by atoms with Gasteiger partial charge in [0.15, 0.2) is 6.10 Å². The van der Waals surface area contributed by atoms with Crippen molar-refractivity contribution in [3.63, 3.8) is 0 Å². The van der Waals surface area contributed by atoms with Gasteiger partial charge < -0.3 is 14.8 Å². The van der Waals surface area contributed by atoms with Crippen molar-refractivity contribution in [1.82, 2.24) is 0 Å². The van der Waals surface area contributed by atoms with Crippen LogP contribution in [0.4, 0.5) is 5.69 Å². The third-order valence-electron chi connectivity index (χ3n) is 4.42. The summed E-state index contributed by atoms with van der Waals surface area (Å²) in [6.07, 6.45) is -0.810. The minimum atomic E-state index is -0.810. The van der Waals surface area contributed by atoms with Crippen molar-refractivity contribution >= 4 is 29.2 Å². The molecule has 0 fully saturated rings. The molecule has 0 aromatic heterocycles. The lowest BCUT2D eigenvalue weighted by atomic mass is 10.2. The van der Waals surface area contributed by atoms with E-state index in [1.807, 2.05) is 38.1 Å². The summed E-state index contributed by atoms with van der Waals surface area (Å²) in [7, 11) is 0. The maximum Gasteiger partial charge on any atom is 0.352 e. The number of nitrogens with one attached hydrogen (secondary N) is 1. The minimum Gasteiger partial charge on any atom is -0.479 e. The summed E-state index contributed by atoms with van der Waals surface area (Å²) in [6, 6.07) is 19.0. The summed E-state index contributed by atoms with van der Waals surface area (Å²) in [5.74, 6) is 0.0742. The Kier molecular flexibility index (Phi) is 6.75. The molecular formula is C24H22ClNO4. The van der Waals surface area contributed by atoms with Gasteiger partial charge in [0, 0.05) is 16.3 Å². The van der Waals surface area contributed by atoms with E-state index in [1.54, 1.807) is 49.4 Å². The largest absolute Gasteiger partial charge is 0.479 e. The van der Waals surface area contributed by atoms with E-state index in [0.717, 1.165) is 11.1 Å². The van der Waals surface area contributed by atoms with Gasteiger partial charge in [-0.3, -0.25) is 4.79 Å². The average molecular weight is 424 g/mol. The molecule has 0 spiro atoms. The Balaban J connectivity index is 1.57. The van der Waals surface area contributed by atoms with Crippen molar-refractivity contribution in [1.29, 1.82) is 0 Å². The Morgan fingerprint density at radius 3 is 2.17 bits per heavy atom. The molecule has 0 aliphatic rings. The molecule has 30 heavy (non-hydrogen) atoms. The molecule has 1 atom stereocenters. The van der Waals surface area contributed by atoms with Gasteiger partial charge in [0.1, 0.15) is 11.5 Å². The molecule has 5 nitrogen and oxygen atoms in total. The zero-order valence-corrected chi connectivity index (χ0v) is 17.7. The molecule has 0 bridgehead atoms. The van der Waals surface area contributed by atoms with Crippen LogP contribution in [0.25, 0.3) is 0 Å². The Morgan fingerprint density at radius 1 is 0.900 bits per heavy atom. The number of ether oxygens (including phenoxy) is 2. The van der Waals surface area contributed by atoms with Crippen molar-refractivity contribution < 1.29 is 19.1 Å². The fraction of sp³-hybridized carbons (Fsp3) is 0.167. The lowest BCUT2D eigenvalue weighted by Crippen LogP contribution is -2.28. The van der Waals surface area contributed by atoms with Gasteiger partial charge in [-0.25, -0.2) is 4.79 Å². The molecular weight excluding hydrogens is 402 g/mol. The summed E-state index contributed by atoms with van der Waals surface area (Å²) in [4.78, 5) is 24.7. The quantitative estimate of drug-likeness (QED) is 0.415. The molecule has 1 unspecified atom stereocenters. The lowest BCUT2D eigenvalue weighted by molar-refractivity contribution is -0.141. The zero-order valence-electron chi connectivity index (χ0n) is 16.9. The third kappa shape index (κ3) is 5.61. The first-order valence-corrected chi connectivity index (χ1v) is 9.82. The molecule has 0 heterocycles. The van der Waals surface area contributed by atoms with Gasteiger partial charge in [-0.05, 0) is 80.9 Å². The van der Waals surface area contributed by atoms with Crippen LogP contribution < -0.4 is 14.8 Å². The van der Waals surface area contributed by atoms with Crippen molar-refractivity contribution in [2.24, 2.45) is 0 Å². The van der Waals surface area contributed by atoms with Crippen molar-refractivity contribution in [3.8, 4) is 11.5 Å². The normalized spacial score (nSPS) is 11.5. The van der Waals surface area contributed by atoms with E-state index < -0.39 is 12.1 Å². The van der Waals surface area contributed by atoms with E-state index in [9.17, 15) is 9.59 Å². The second-order valence-corrected chi connectivity index (χ2v) is 7.34. The van der Waals surface area contributed by atoms with Gasteiger partial charge in [-0.1, -0.05) is 29.3 Å². The first kappa shape index (κ1) is 21.4. The van der Waals surface area contributed by atoms with Gasteiger partial charge >= 0.3 is 5.97 Å². The molecule has 3 rings (SSSR count). The number of halogens is 1. The number of anilines is 1. The lowest BCUT2D eigenvalue weighted by Gasteiger charge is -2.14. The highest BCUT2D eigenvalue weighted by atomic mass is 35.5. The molecule has 0 aliphatic carbocycles. The smallest absolute Gasteiger partial charge is 0.352 e. The molecule has 0 saturated heterocycles. The van der Waals surface area contributed by atoms with E-state index >= 15 is 0 Å². The highest BCUT2D eigenvalue weighted by Gasteiger charge is 2.18. The number of rotatable bonds is 6. The molecule has 0 aliphatic heterocycles. The summed E-state index contributed by atoms with van der Waals surface area (Å²) >= 11 is 6.00. The van der Waals surface area contributed by atoms with Crippen molar-refractivity contribution in [2.75, 3.05) is 5.32 Å². The first-order valence-electron chi connectivity index (χ1n) is 9.44. The summed E-state index contributed by atoms with van der Waals surface area (Å²) in [5.41, 5.74) is 3.14. The topological polar surface area (TPSA) is 64.6 Å². The van der Waals surface area contributed by atoms with Gasteiger partial charge in [0.25, 0.3) is 5.91 Å². The van der Waals surface area contributed by atoms with Gasteiger partial charge in [0.05, 0.1) is 0 Å². The highest BCUT2D eigenvalue weighted by Crippen LogP contribution is 2.22. The number of amides is 1. The number of aryl methyl sites for hydroxylation is 2. The molecule has 3 aromatic rings. The fourth-order valence-corrected chi connectivity index (χ4v) is 2.77. The standard InChI is InChI=1S/C24H22ClNO4/c1-15-4-8-19(9-5-15)26-23(27)18-6-10-20(11-7-18)30-24(28)17(3)29-21-12-13-22(25)16(2)14-21/h4-14,17H,1-3H3,(H,26,27). The number of carbonyl (C=O) groups excluding carboxylic acids is 2. The molecule has 1 N–H and O–H groups in total. The van der Waals surface area contributed by atoms with E-state index in [4.69, 9.17) is 21.1 Å². The average Bonchev–Trinajstić information content (AvgIpc) is 2.73. The maximum atomic E-state index is 12.3. The molecule has 6 heteroatoms. The van der Waals surface area contributed by atoms with Gasteiger partial charge in [-0.2, -0.15) is 0 Å². The Hall–Kier alpha value is -3.31. The second kappa shape index (κ2) is 9.46. The predicted molar refractivity (Wildman–Crippen MR) is 117 cm³/mol. The molecule has 3 aromatic carbocycles. The fourth-order valence-electron chi connectivity index (χ4n) is 2.66. The SMILES string of the molecule is Cc1ccc(NC(=O)c2ccc(OC(=O)C(C)Oc3ccc(Cl)c(C)c3)cc2)cc1. The summed E-state index contributed by atoms with van der Waals surface area (Å²) in [5, 5.41) is 3.45. The van der Waals surface area contributed by atoms with Gasteiger partial charge in [-0.15, -0.1) is 0 Å². The number of hydrogen-bond donors (Lipinski definition) is 1. The predicted octanol–water partition coefficient (Wildman–Crippen LogP) is 5.58. The summed E-state index contributed by atoms with van der Waals surface area (Å²) < 4.78 is 11.0. The van der Waals surface area contributed by atoms with E-state index in [1.165, 1.54) is 0 Å². The van der Waals surface area contributed by atoms with Crippen LogP contribution in [0.5, 0.6) is 11.5 Å². The van der Waals surface area contributed by atoms with E-state index in [0.29, 0.717) is 27.8 Å². The van der Waals surface area contributed by atoms with Crippen LogP contribution in [-0.2, 0) is 4.79 Å². The number of esters is 1. The third-order valence-corrected chi connectivity index (χ3v) is 4.84. The van der Waals surface area contributed by atoms with Crippen LogP contribution in [0, 0.1) is 13.8 Å². The Labute approximate surface area is 180 Å². The van der Waals surface area contributed by atoms with Crippen LogP contribution >= 0.6 is 11.6 Å². The van der Waals surface area contributed by atoms with Crippen LogP contribution in [0.1, 0.15) is 28.4 Å². The minimum absolute atomic E-state index is 0.244. The monoisotopic (exact) mass is 423 g/mol. The molecule has 0 saturated carbocycles. The highest BCUT2D eigenvalue weighted by molar-refractivity contribution is 6.31. The van der Waals surface area contributed by atoms with E-state index in [-0.39, 0.29) is 5.91 Å². The zero-order chi connectivity index (χ0) is 21.7. The number of carbonyl (C=O) groups is 2. The first-order chi connectivity index (χ1) is 14.3. The number of hydrogen-bond acceptors (Lipinski definition) is 4. The Morgan fingerprint density at radius 2 is 1.53 bits per heavy atom. The van der Waals surface area contributed by atoms with Crippen LogP contribution in [0.3, 0.4) is 0 Å². The summed E-state index contributed by atoms with van der Waals surface area (Å²) in [6.45, 7) is 5.44. The van der Waals surface area contributed by atoms with Crippen LogP contribution in [-0.4, -0.2) is 18.0 Å². The molecule has 154 valence electrons. The van der Waals surface area contributed by atoms with Gasteiger partial charge in [0.2, 0.25) is 0 Å². The Bertz CT molecular complexity index is 1050. The number of benzene rings is 3. The second-order valence-electron chi connectivity index (χ2n) is 6.94. The van der Waals surface area contributed by atoms with Crippen LogP contribution in [0.2, 0.25) is 5.02 Å². The van der Waals surface area contributed by atoms with Crippen LogP contribution in [0.15, 0.2) is 66.7 Å². The maximum absolute atomic E-state index is 12.3. The van der Waals surface area contributed by atoms with Crippen molar-refractivity contribution in [2.45, 2.75) is 26.9 Å². The van der Waals surface area contributed by atoms with E-state index in [2.05, 4.69) is 5.32 Å². The molecule has 0 radical (unpaired) electrons.